The van der Waals surface area contributed by atoms with Crippen LogP contribution in [0.1, 0.15) is 31.8 Å². The van der Waals surface area contributed by atoms with Crippen LogP contribution in [-0.2, 0) is 12.8 Å². The molecule has 0 saturated carbocycles. The number of carbonyl (C=O) groups excluding carboxylic acids is 2. The Hall–Kier alpha value is -2.62. The van der Waals surface area contributed by atoms with E-state index in [0.717, 1.165) is 12.8 Å². The topological polar surface area (TPSA) is 63.4 Å². The average molecular weight is 278 g/mol. The quantitative estimate of drug-likeness (QED) is 0.641. The lowest BCUT2D eigenvalue weighted by Gasteiger charge is -2.21. The molecule has 0 spiro atoms. The fourth-order valence-electron chi connectivity index (χ4n) is 3.33. The highest BCUT2D eigenvalue weighted by Crippen LogP contribution is 2.32. The van der Waals surface area contributed by atoms with E-state index in [1.54, 1.807) is 18.2 Å². The summed E-state index contributed by atoms with van der Waals surface area (Å²) in [5.41, 5.74) is 9.56. The molecule has 0 aromatic heterocycles. The third-order valence-corrected chi connectivity index (χ3v) is 4.34. The van der Waals surface area contributed by atoms with Gasteiger partial charge in [-0.25, -0.2) is 0 Å². The Morgan fingerprint density at radius 2 is 1.52 bits per heavy atom. The van der Waals surface area contributed by atoms with Crippen molar-refractivity contribution in [3.63, 3.8) is 0 Å². The van der Waals surface area contributed by atoms with Crippen LogP contribution < -0.4 is 5.73 Å². The summed E-state index contributed by atoms with van der Waals surface area (Å²) in [5.74, 6) is -0.423. The predicted octanol–water partition coefficient (Wildman–Crippen LogP) is 2.03. The third kappa shape index (κ3) is 1.69. The Bertz CT molecular complexity index is 757. The van der Waals surface area contributed by atoms with Crippen molar-refractivity contribution >= 4 is 17.5 Å². The van der Waals surface area contributed by atoms with Gasteiger partial charge in [0.1, 0.15) is 0 Å². The van der Waals surface area contributed by atoms with E-state index in [9.17, 15) is 9.59 Å². The number of amides is 2. The van der Waals surface area contributed by atoms with Gasteiger partial charge in [0.25, 0.3) is 11.8 Å². The van der Waals surface area contributed by atoms with E-state index in [1.165, 1.54) is 16.0 Å². The Morgan fingerprint density at radius 3 is 2.19 bits per heavy atom. The maximum atomic E-state index is 12.5. The minimum atomic E-state index is -0.222. The molecule has 0 fully saturated rings. The minimum absolute atomic E-state index is 0.0870. The lowest BCUT2D eigenvalue weighted by Crippen LogP contribution is -2.40. The van der Waals surface area contributed by atoms with E-state index < -0.39 is 0 Å². The van der Waals surface area contributed by atoms with Crippen molar-refractivity contribution in [3.8, 4) is 0 Å². The molecular weight excluding hydrogens is 264 g/mol. The first-order valence-corrected chi connectivity index (χ1v) is 6.99. The second-order valence-electron chi connectivity index (χ2n) is 5.62. The van der Waals surface area contributed by atoms with Gasteiger partial charge in [0.2, 0.25) is 0 Å². The fraction of sp³-hybridized carbons (Fsp3) is 0.176. The summed E-state index contributed by atoms with van der Waals surface area (Å²) in [6.07, 6.45) is 1.47. The molecule has 0 saturated heterocycles. The summed E-state index contributed by atoms with van der Waals surface area (Å²) in [6, 6.07) is 12.9. The molecule has 2 amide bonds. The van der Waals surface area contributed by atoms with Gasteiger partial charge in [0.15, 0.2) is 0 Å². The van der Waals surface area contributed by atoms with Crippen LogP contribution in [-0.4, -0.2) is 22.8 Å². The predicted molar refractivity (Wildman–Crippen MR) is 79.0 cm³/mol. The van der Waals surface area contributed by atoms with Crippen molar-refractivity contribution in [2.24, 2.45) is 0 Å². The van der Waals surface area contributed by atoms with Crippen LogP contribution in [0.15, 0.2) is 42.5 Å². The van der Waals surface area contributed by atoms with E-state index in [1.807, 2.05) is 12.1 Å². The largest absolute Gasteiger partial charge is 0.399 e. The standard InChI is InChI=1S/C17H14N2O2/c18-12-5-6-14-15(9-12)17(21)19(16(14)20)13-7-10-3-1-2-4-11(10)8-13/h1-6,9,13H,7-8,18H2. The molecule has 4 nitrogen and oxygen atoms in total. The van der Waals surface area contributed by atoms with Crippen LogP contribution in [0.2, 0.25) is 0 Å². The van der Waals surface area contributed by atoms with Crippen LogP contribution in [0.5, 0.6) is 0 Å². The molecule has 4 heteroatoms. The number of anilines is 1. The van der Waals surface area contributed by atoms with Crippen LogP contribution >= 0.6 is 0 Å². The van der Waals surface area contributed by atoms with Crippen LogP contribution in [0.4, 0.5) is 5.69 Å². The van der Waals surface area contributed by atoms with Gasteiger partial charge in [0, 0.05) is 11.7 Å². The van der Waals surface area contributed by atoms with Gasteiger partial charge in [-0.2, -0.15) is 0 Å². The summed E-state index contributed by atoms with van der Waals surface area (Å²) < 4.78 is 0. The highest BCUT2D eigenvalue weighted by molar-refractivity contribution is 6.22. The molecule has 0 radical (unpaired) electrons. The molecule has 4 rings (SSSR count). The van der Waals surface area contributed by atoms with E-state index in [0.29, 0.717) is 16.8 Å². The molecule has 2 N–H and O–H groups in total. The first-order chi connectivity index (χ1) is 10.1. The number of hydrogen-bond acceptors (Lipinski definition) is 3. The number of imide groups is 1. The molecule has 0 unspecified atom stereocenters. The van der Waals surface area contributed by atoms with Crippen molar-refractivity contribution in [2.45, 2.75) is 18.9 Å². The normalized spacial score (nSPS) is 17.2. The molecular formula is C17H14N2O2. The molecule has 1 heterocycles. The number of benzene rings is 2. The number of carbonyl (C=O) groups is 2. The molecule has 2 aromatic carbocycles. The number of fused-ring (bicyclic) bond motifs is 2. The summed E-state index contributed by atoms with van der Waals surface area (Å²) >= 11 is 0. The Kier molecular flexibility index (Phi) is 2.42. The van der Waals surface area contributed by atoms with Gasteiger partial charge in [-0.05, 0) is 42.2 Å². The van der Waals surface area contributed by atoms with Crippen molar-refractivity contribution in [2.75, 3.05) is 5.73 Å². The van der Waals surface area contributed by atoms with Gasteiger partial charge in [-0.15, -0.1) is 0 Å². The van der Waals surface area contributed by atoms with Crippen LogP contribution in [0.3, 0.4) is 0 Å². The molecule has 1 aliphatic carbocycles. The fourth-order valence-corrected chi connectivity index (χ4v) is 3.33. The molecule has 2 aliphatic rings. The molecule has 0 atom stereocenters. The Morgan fingerprint density at radius 1 is 0.905 bits per heavy atom. The van der Waals surface area contributed by atoms with E-state index in [-0.39, 0.29) is 17.9 Å². The van der Waals surface area contributed by atoms with Crippen molar-refractivity contribution in [1.82, 2.24) is 4.90 Å². The monoisotopic (exact) mass is 278 g/mol. The minimum Gasteiger partial charge on any atom is -0.399 e. The molecule has 21 heavy (non-hydrogen) atoms. The summed E-state index contributed by atoms with van der Waals surface area (Å²) in [6.45, 7) is 0. The van der Waals surface area contributed by atoms with Crippen molar-refractivity contribution < 1.29 is 9.59 Å². The number of rotatable bonds is 1. The lowest BCUT2D eigenvalue weighted by atomic mass is 10.1. The second-order valence-corrected chi connectivity index (χ2v) is 5.62. The van der Waals surface area contributed by atoms with E-state index in [2.05, 4.69) is 12.1 Å². The summed E-state index contributed by atoms with van der Waals surface area (Å²) in [7, 11) is 0. The molecule has 104 valence electrons. The van der Waals surface area contributed by atoms with Crippen molar-refractivity contribution in [1.29, 1.82) is 0 Å². The van der Waals surface area contributed by atoms with Gasteiger partial charge in [-0.1, -0.05) is 24.3 Å². The highest BCUT2D eigenvalue weighted by Gasteiger charge is 2.41. The zero-order valence-corrected chi connectivity index (χ0v) is 11.4. The number of nitrogens with two attached hydrogens (primary N) is 1. The zero-order valence-electron chi connectivity index (χ0n) is 11.4. The Labute approximate surface area is 122 Å². The molecule has 2 aromatic rings. The summed E-state index contributed by atoms with van der Waals surface area (Å²) in [4.78, 5) is 26.5. The van der Waals surface area contributed by atoms with E-state index in [4.69, 9.17) is 5.73 Å². The van der Waals surface area contributed by atoms with Gasteiger partial charge in [0.05, 0.1) is 11.1 Å². The average Bonchev–Trinajstić information content (AvgIpc) is 2.99. The number of nitrogen functional groups attached to an aromatic ring is 1. The lowest BCUT2D eigenvalue weighted by molar-refractivity contribution is 0.0590. The van der Waals surface area contributed by atoms with Crippen molar-refractivity contribution in [3.05, 3.63) is 64.7 Å². The number of hydrogen-bond donors (Lipinski definition) is 1. The second kappa shape index (κ2) is 4.19. The highest BCUT2D eigenvalue weighted by atomic mass is 16.2. The first kappa shape index (κ1) is 12.1. The Balaban J connectivity index is 1.70. The molecule has 1 aliphatic heterocycles. The van der Waals surface area contributed by atoms with Crippen LogP contribution in [0.25, 0.3) is 0 Å². The molecule has 0 bridgehead atoms. The van der Waals surface area contributed by atoms with Gasteiger partial charge < -0.3 is 5.73 Å². The SMILES string of the molecule is Nc1ccc2c(c1)C(=O)N(C1Cc3ccccc3C1)C2=O. The zero-order chi connectivity index (χ0) is 14.6. The maximum Gasteiger partial charge on any atom is 0.261 e. The number of nitrogens with zero attached hydrogens (tertiary/aromatic N) is 1. The van der Waals surface area contributed by atoms with Gasteiger partial charge in [-0.3, -0.25) is 14.5 Å². The van der Waals surface area contributed by atoms with Gasteiger partial charge >= 0.3 is 0 Å². The van der Waals surface area contributed by atoms with E-state index >= 15 is 0 Å². The van der Waals surface area contributed by atoms with Crippen LogP contribution in [0, 0.1) is 0 Å². The maximum absolute atomic E-state index is 12.5. The first-order valence-electron chi connectivity index (χ1n) is 6.99. The smallest absolute Gasteiger partial charge is 0.261 e. The summed E-state index contributed by atoms with van der Waals surface area (Å²) in [5, 5.41) is 0. The third-order valence-electron chi connectivity index (χ3n) is 4.34.